The topological polar surface area (TPSA) is 108 Å². The lowest BCUT2D eigenvalue weighted by molar-refractivity contribution is -0.0368. The predicted molar refractivity (Wildman–Crippen MR) is 119 cm³/mol. The van der Waals surface area contributed by atoms with Crippen LogP contribution in [0.3, 0.4) is 0 Å². The number of ether oxygens (including phenoxy) is 4. The number of aromatic nitrogens is 3. The highest BCUT2D eigenvalue weighted by atomic mass is 32.1. The number of urea groups is 1. The van der Waals surface area contributed by atoms with E-state index in [-0.39, 0.29) is 50.0 Å². The van der Waals surface area contributed by atoms with Crippen molar-refractivity contribution in [2.75, 3.05) is 46.1 Å². The molecule has 0 radical (unpaired) electrons. The summed E-state index contributed by atoms with van der Waals surface area (Å²) in [4.78, 5) is 27.7. The highest BCUT2D eigenvalue weighted by Gasteiger charge is 2.25. The Balaban J connectivity index is 1.50. The summed E-state index contributed by atoms with van der Waals surface area (Å²) >= 11 is 1.68. The summed E-state index contributed by atoms with van der Waals surface area (Å²) in [5, 5.41) is 4.98. The molecule has 2 amide bonds. The SMILES string of the molecule is C=CCOc1nc(OCC=C)nc(OCC2CN(C(=O)NCCc3cccs3)CCO2)n1. The number of nitrogens with zero attached hydrogens (tertiary/aromatic N) is 4. The minimum atomic E-state index is -0.321. The Hall–Kier alpha value is -3.18. The van der Waals surface area contributed by atoms with Gasteiger partial charge in [-0.05, 0) is 17.9 Å². The number of thiophene rings is 1. The third-order valence-corrected chi connectivity index (χ3v) is 5.22. The molecule has 0 saturated carbocycles. The van der Waals surface area contributed by atoms with E-state index in [9.17, 15) is 4.79 Å². The lowest BCUT2D eigenvalue weighted by Gasteiger charge is -2.32. The molecule has 1 saturated heterocycles. The fraction of sp³-hybridized carbons (Fsp3) is 0.429. The van der Waals surface area contributed by atoms with Crippen molar-refractivity contribution in [1.29, 1.82) is 0 Å². The first-order chi connectivity index (χ1) is 15.7. The van der Waals surface area contributed by atoms with Crippen molar-refractivity contribution in [3.8, 4) is 18.0 Å². The first-order valence-corrected chi connectivity index (χ1v) is 11.1. The summed E-state index contributed by atoms with van der Waals surface area (Å²) in [5.41, 5.74) is 0. The summed E-state index contributed by atoms with van der Waals surface area (Å²) in [5.74, 6) is 0. The fourth-order valence-electron chi connectivity index (χ4n) is 2.81. The Morgan fingerprint density at radius 3 is 2.50 bits per heavy atom. The monoisotopic (exact) mass is 461 g/mol. The van der Waals surface area contributed by atoms with Gasteiger partial charge >= 0.3 is 24.1 Å². The van der Waals surface area contributed by atoms with Gasteiger partial charge in [-0.15, -0.1) is 26.3 Å². The molecule has 10 nitrogen and oxygen atoms in total. The van der Waals surface area contributed by atoms with Crippen molar-refractivity contribution in [3.05, 3.63) is 47.7 Å². The molecule has 1 fully saturated rings. The van der Waals surface area contributed by atoms with Gasteiger partial charge in [0.1, 0.15) is 25.9 Å². The zero-order valence-electron chi connectivity index (χ0n) is 17.8. The first kappa shape index (κ1) is 23.5. The van der Waals surface area contributed by atoms with E-state index >= 15 is 0 Å². The molecule has 2 aromatic rings. The van der Waals surface area contributed by atoms with Crippen LogP contribution in [0.1, 0.15) is 4.88 Å². The molecule has 172 valence electrons. The Kier molecular flexibility index (Phi) is 9.26. The van der Waals surface area contributed by atoms with Gasteiger partial charge in [-0.1, -0.05) is 31.4 Å². The van der Waals surface area contributed by atoms with Gasteiger partial charge < -0.3 is 29.2 Å². The molecule has 3 heterocycles. The van der Waals surface area contributed by atoms with Crippen molar-refractivity contribution in [2.45, 2.75) is 12.5 Å². The van der Waals surface area contributed by atoms with Gasteiger partial charge in [0, 0.05) is 18.0 Å². The summed E-state index contributed by atoms with van der Waals surface area (Å²) < 4.78 is 22.1. The van der Waals surface area contributed by atoms with Crippen LogP contribution >= 0.6 is 11.3 Å². The van der Waals surface area contributed by atoms with Crippen molar-refractivity contribution < 1.29 is 23.7 Å². The summed E-state index contributed by atoms with van der Waals surface area (Å²) in [7, 11) is 0. The second kappa shape index (κ2) is 12.6. The normalized spacial score (nSPS) is 15.6. The standard InChI is InChI=1S/C21H27N5O5S/c1-3-10-29-18-23-19(30-11-4-2)25-20(24-18)31-15-16-14-26(9-12-28-16)21(27)22-8-7-17-6-5-13-32-17/h3-6,13,16H,1-2,7-12,14-15H2,(H,22,27). The van der Waals surface area contributed by atoms with E-state index in [2.05, 4.69) is 39.5 Å². The molecule has 11 heteroatoms. The van der Waals surface area contributed by atoms with E-state index in [1.54, 1.807) is 28.4 Å². The number of hydrogen-bond acceptors (Lipinski definition) is 9. The molecule has 1 N–H and O–H groups in total. The molecule has 0 aromatic carbocycles. The van der Waals surface area contributed by atoms with Gasteiger partial charge in [-0.3, -0.25) is 0 Å². The summed E-state index contributed by atoms with van der Waals surface area (Å²) in [6.45, 7) is 9.73. The van der Waals surface area contributed by atoms with Crippen LogP contribution in [-0.4, -0.2) is 78.0 Å². The van der Waals surface area contributed by atoms with Crippen LogP contribution in [0, 0.1) is 0 Å². The molecule has 0 aliphatic carbocycles. The number of carbonyl (C=O) groups is 1. The van der Waals surface area contributed by atoms with Gasteiger partial charge in [-0.25, -0.2) is 4.79 Å². The molecule has 3 rings (SSSR count). The lowest BCUT2D eigenvalue weighted by atomic mass is 10.3. The van der Waals surface area contributed by atoms with Gasteiger partial charge in [0.2, 0.25) is 0 Å². The van der Waals surface area contributed by atoms with Crippen molar-refractivity contribution in [2.24, 2.45) is 0 Å². The molecule has 32 heavy (non-hydrogen) atoms. The molecular formula is C21H27N5O5S. The average Bonchev–Trinajstić information content (AvgIpc) is 3.34. The Morgan fingerprint density at radius 2 is 1.88 bits per heavy atom. The number of hydrogen-bond donors (Lipinski definition) is 1. The van der Waals surface area contributed by atoms with Crippen molar-refractivity contribution in [3.63, 3.8) is 0 Å². The Bertz CT molecular complexity index is 849. The summed E-state index contributed by atoms with van der Waals surface area (Å²) in [6, 6.07) is 4.11. The third kappa shape index (κ3) is 7.50. The zero-order valence-corrected chi connectivity index (χ0v) is 18.6. The van der Waals surface area contributed by atoms with E-state index in [1.807, 2.05) is 11.4 Å². The van der Waals surface area contributed by atoms with Crippen LogP contribution in [0.2, 0.25) is 0 Å². The minimum Gasteiger partial charge on any atom is -0.460 e. The molecule has 1 atom stereocenters. The van der Waals surface area contributed by atoms with Crippen LogP contribution < -0.4 is 19.5 Å². The molecule has 1 unspecified atom stereocenters. The second-order valence-corrected chi connectivity index (χ2v) is 7.73. The Morgan fingerprint density at radius 1 is 1.19 bits per heavy atom. The highest BCUT2D eigenvalue weighted by Crippen LogP contribution is 2.16. The highest BCUT2D eigenvalue weighted by molar-refractivity contribution is 7.09. The number of carbonyl (C=O) groups excluding carboxylic acids is 1. The maximum absolute atomic E-state index is 12.5. The number of amides is 2. The molecule has 1 aliphatic heterocycles. The van der Waals surface area contributed by atoms with Gasteiger partial charge in [0.05, 0.1) is 13.2 Å². The molecule has 0 spiro atoms. The van der Waals surface area contributed by atoms with E-state index in [0.29, 0.717) is 26.2 Å². The number of rotatable bonds is 12. The zero-order chi connectivity index (χ0) is 22.6. The van der Waals surface area contributed by atoms with E-state index < -0.39 is 0 Å². The van der Waals surface area contributed by atoms with Gasteiger partial charge in [0.15, 0.2) is 0 Å². The smallest absolute Gasteiger partial charge is 0.326 e. The van der Waals surface area contributed by atoms with E-state index in [0.717, 1.165) is 6.42 Å². The molecule has 0 bridgehead atoms. The number of nitrogens with one attached hydrogen (secondary N) is 1. The van der Waals surface area contributed by atoms with Crippen LogP contribution in [0.4, 0.5) is 4.79 Å². The minimum absolute atomic E-state index is 0.0410. The van der Waals surface area contributed by atoms with Crippen molar-refractivity contribution in [1.82, 2.24) is 25.2 Å². The molecule has 2 aromatic heterocycles. The van der Waals surface area contributed by atoms with Crippen LogP contribution in [0.5, 0.6) is 18.0 Å². The fourth-order valence-corrected chi connectivity index (χ4v) is 3.52. The quantitative estimate of drug-likeness (QED) is 0.479. The Labute approximate surface area is 190 Å². The van der Waals surface area contributed by atoms with Crippen LogP contribution in [-0.2, 0) is 11.2 Å². The van der Waals surface area contributed by atoms with Crippen LogP contribution in [0.25, 0.3) is 0 Å². The maximum Gasteiger partial charge on any atom is 0.326 e. The van der Waals surface area contributed by atoms with E-state index in [1.165, 1.54) is 4.88 Å². The van der Waals surface area contributed by atoms with Gasteiger partial charge in [-0.2, -0.15) is 0 Å². The summed E-state index contributed by atoms with van der Waals surface area (Å²) in [6.07, 6.45) is 3.64. The number of morpholine rings is 1. The van der Waals surface area contributed by atoms with E-state index in [4.69, 9.17) is 18.9 Å². The lowest BCUT2D eigenvalue weighted by Crippen LogP contribution is -2.51. The molecule has 1 aliphatic rings. The second-order valence-electron chi connectivity index (χ2n) is 6.69. The largest absolute Gasteiger partial charge is 0.460 e. The van der Waals surface area contributed by atoms with Crippen molar-refractivity contribution >= 4 is 17.4 Å². The third-order valence-electron chi connectivity index (χ3n) is 4.29. The maximum atomic E-state index is 12.5. The van der Waals surface area contributed by atoms with Crippen LogP contribution in [0.15, 0.2) is 42.8 Å². The average molecular weight is 462 g/mol. The predicted octanol–water partition coefficient (Wildman–Crippen LogP) is 2.09. The first-order valence-electron chi connectivity index (χ1n) is 10.2. The van der Waals surface area contributed by atoms with Gasteiger partial charge in [0.25, 0.3) is 0 Å². The molecular weight excluding hydrogens is 434 g/mol.